The van der Waals surface area contributed by atoms with Crippen LogP contribution >= 0.6 is 11.8 Å². The summed E-state index contributed by atoms with van der Waals surface area (Å²) in [6.45, 7) is 6.74. The molecule has 1 atom stereocenters. The SMILES string of the molecule is C=C(C)C(=O)OCC(O)COC(=O)CSC[CH]C(=O)OCCCC. The zero-order valence-electron chi connectivity index (χ0n) is 14.1. The van der Waals surface area contributed by atoms with Crippen molar-refractivity contribution in [2.45, 2.75) is 32.8 Å². The molecule has 7 nitrogen and oxygen atoms in total. The maximum Gasteiger partial charge on any atom is 0.333 e. The van der Waals surface area contributed by atoms with Gasteiger partial charge in [-0.2, -0.15) is 0 Å². The van der Waals surface area contributed by atoms with Crippen LogP contribution in [0, 0.1) is 6.42 Å². The molecule has 0 heterocycles. The van der Waals surface area contributed by atoms with Gasteiger partial charge in [0.1, 0.15) is 19.3 Å². The van der Waals surface area contributed by atoms with E-state index in [1.807, 2.05) is 6.92 Å². The number of ether oxygens (including phenoxy) is 3. The van der Waals surface area contributed by atoms with Gasteiger partial charge in [-0.15, -0.1) is 11.8 Å². The lowest BCUT2D eigenvalue weighted by Gasteiger charge is -2.11. The summed E-state index contributed by atoms with van der Waals surface area (Å²) in [5.41, 5.74) is 0.222. The second-order valence-corrected chi connectivity index (χ2v) is 5.99. The molecule has 0 aliphatic heterocycles. The third-order valence-electron chi connectivity index (χ3n) is 2.52. The van der Waals surface area contributed by atoms with Crippen LogP contribution in [0.3, 0.4) is 0 Å². The molecule has 0 fully saturated rings. The van der Waals surface area contributed by atoms with Crippen LogP contribution < -0.4 is 0 Å². The van der Waals surface area contributed by atoms with E-state index in [1.165, 1.54) is 25.1 Å². The van der Waals surface area contributed by atoms with Crippen molar-refractivity contribution in [3.05, 3.63) is 18.6 Å². The van der Waals surface area contributed by atoms with Gasteiger partial charge in [-0.25, -0.2) is 4.79 Å². The topological polar surface area (TPSA) is 99.1 Å². The van der Waals surface area contributed by atoms with Crippen molar-refractivity contribution in [2.24, 2.45) is 0 Å². The van der Waals surface area contributed by atoms with Crippen LogP contribution in [0.4, 0.5) is 0 Å². The van der Waals surface area contributed by atoms with Gasteiger partial charge in [-0.1, -0.05) is 19.9 Å². The van der Waals surface area contributed by atoms with Gasteiger partial charge in [0, 0.05) is 11.3 Å². The molecule has 0 bridgehead atoms. The predicted molar refractivity (Wildman–Crippen MR) is 90.2 cm³/mol. The fourth-order valence-electron chi connectivity index (χ4n) is 1.22. The molecule has 0 amide bonds. The van der Waals surface area contributed by atoms with Gasteiger partial charge in [0.2, 0.25) is 0 Å². The Bertz CT molecular complexity index is 423. The Hall–Kier alpha value is -1.54. The van der Waals surface area contributed by atoms with Gasteiger partial charge >= 0.3 is 17.9 Å². The standard InChI is InChI=1S/C16H25O7S/c1-4-5-7-21-14(18)6-8-24-11-15(19)22-9-13(17)10-23-16(20)12(2)3/h6,13,17H,2,4-5,7-11H2,1,3H3. The summed E-state index contributed by atoms with van der Waals surface area (Å²) < 4.78 is 14.5. The third kappa shape index (κ3) is 13.0. The van der Waals surface area contributed by atoms with Gasteiger partial charge in [0.25, 0.3) is 0 Å². The second-order valence-electron chi connectivity index (χ2n) is 4.96. The van der Waals surface area contributed by atoms with Crippen molar-refractivity contribution in [2.75, 3.05) is 31.3 Å². The van der Waals surface area contributed by atoms with E-state index >= 15 is 0 Å². The normalized spacial score (nSPS) is 11.5. The highest BCUT2D eigenvalue weighted by Crippen LogP contribution is 2.04. The Morgan fingerprint density at radius 2 is 1.88 bits per heavy atom. The number of unbranched alkanes of at least 4 members (excludes halogenated alkanes) is 1. The molecule has 0 aliphatic carbocycles. The second kappa shape index (κ2) is 13.9. The summed E-state index contributed by atoms with van der Waals surface area (Å²) in [5.74, 6) is -1.18. The summed E-state index contributed by atoms with van der Waals surface area (Å²) >= 11 is 1.19. The van der Waals surface area contributed by atoms with Crippen molar-refractivity contribution < 1.29 is 33.7 Å². The highest BCUT2D eigenvalue weighted by Gasteiger charge is 2.12. The molecule has 0 rings (SSSR count). The lowest BCUT2D eigenvalue weighted by molar-refractivity contribution is -0.148. The number of hydrogen-bond acceptors (Lipinski definition) is 8. The van der Waals surface area contributed by atoms with Crippen LogP contribution in [0.25, 0.3) is 0 Å². The van der Waals surface area contributed by atoms with Crippen molar-refractivity contribution in [1.29, 1.82) is 0 Å². The number of carbonyl (C=O) groups excluding carboxylic acids is 3. The third-order valence-corrected chi connectivity index (χ3v) is 3.36. The maximum absolute atomic E-state index is 11.4. The summed E-state index contributed by atoms with van der Waals surface area (Å²) in [7, 11) is 0. The quantitative estimate of drug-likeness (QED) is 0.227. The molecule has 0 saturated carbocycles. The van der Waals surface area contributed by atoms with Crippen LogP contribution in [-0.2, 0) is 28.6 Å². The molecular formula is C16H25O7S. The van der Waals surface area contributed by atoms with E-state index < -0.39 is 24.0 Å². The molecule has 0 aliphatic rings. The predicted octanol–water partition coefficient (Wildman–Crippen LogP) is 1.29. The first-order valence-corrected chi connectivity index (χ1v) is 8.76. The summed E-state index contributed by atoms with van der Waals surface area (Å²) in [5, 5.41) is 9.52. The van der Waals surface area contributed by atoms with Crippen LogP contribution in [-0.4, -0.2) is 60.4 Å². The van der Waals surface area contributed by atoms with E-state index in [0.717, 1.165) is 12.8 Å². The van der Waals surface area contributed by atoms with Crippen molar-refractivity contribution >= 4 is 29.7 Å². The molecule has 24 heavy (non-hydrogen) atoms. The van der Waals surface area contributed by atoms with Gasteiger partial charge in [-0.3, -0.25) is 9.59 Å². The average Bonchev–Trinajstić information content (AvgIpc) is 2.54. The molecule has 1 radical (unpaired) electrons. The lowest BCUT2D eigenvalue weighted by atomic mass is 10.3. The Labute approximate surface area is 146 Å². The molecule has 0 aromatic rings. The maximum atomic E-state index is 11.4. The van der Waals surface area contributed by atoms with E-state index in [-0.39, 0.29) is 24.5 Å². The summed E-state index contributed by atoms with van der Waals surface area (Å²) in [6.07, 6.45) is 2.04. The number of hydrogen-bond donors (Lipinski definition) is 1. The van der Waals surface area contributed by atoms with Crippen molar-refractivity contribution in [3.63, 3.8) is 0 Å². The van der Waals surface area contributed by atoms with Crippen LogP contribution in [0.5, 0.6) is 0 Å². The van der Waals surface area contributed by atoms with Crippen LogP contribution in [0.15, 0.2) is 12.2 Å². The van der Waals surface area contributed by atoms with E-state index in [9.17, 15) is 19.5 Å². The number of aliphatic hydroxyl groups excluding tert-OH is 1. The van der Waals surface area contributed by atoms with Gasteiger partial charge in [-0.05, 0) is 13.3 Å². The zero-order chi connectivity index (χ0) is 18.4. The minimum absolute atomic E-state index is 0.0387. The first kappa shape index (κ1) is 22.5. The van der Waals surface area contributed by atoms with Gasteiger partial charge in [0.05, 0.1) is 18.8 Å². The molecular weight excluding hydrogens is 336 g/mol. The first-order valence-electron chi connectivity index (χ1n) is 7.60. The van der Waals surface area contributed by atoms with Gasteiger partial charge in [0.15, 0.2) is 0 Å². The number of carbonyl (C=O) groups is 3. The molecule has 137 valence electrons. The molecule has 1 N–H and O–H groups in total. The van der Waals surface area contributed by atoms with E-state index in [0.29, 0.717) is 12.4 Å². The molecule has 1 unspecified atom stereocenters. The van der Waals surface area contributed by atoms with E-state index in [4.69, 9.17) is 14.2 Å². The lowest BCUT2D eigenvalue weighted by Crippen LogP contribution is -2.26. The van der Waals surface area contributed by atoms with E-state index in [1.54, 1.807) is 0 Å². The Morgan fingerprint density at radius 1 is 1.21 bits per heavy atom. The summed E-state index contributed by atoms with van der Waals surface area (Å²) in [4.78, 5) is 33.8. The number of thioether (sulfide) groups is 1. The summed E-state index contributed by atoms with van der Waals surface area (Å²) in [6, 6.07) is 0. The Balaban J connectivity index is 3.63. The molecule has 8 heteroatoms. The average molecular weight is 361 g/mol. The molecule has 0 aromatic heterocycles. The highest BCUT2D eigenvalue weighted by atomic mass is 32.2. The minimum atomic E-state index is -1.10. The Morgan fingerprint density at radius 3 is 2.50 bits per heavy atom. The smallest absolute Gasteiger partial charge is 0.333 e. The fraction of sp³-hybridized carbons (Fsp3) is 0.625. The zero-order valence-corrected chi connectivity index (χ0v) is 14.9. The Kier molecular flexibility index (Phi) is 13.0. The van der Waals surface area contributed by atoms with E-state index in [2.05, 4.69) is 6.58 Å². The minimum Gasteiger partial charge on any atom is -0.465 e. The van der Waals surface area contributed by atoms with Crippen LogP contribution in [0.1, 0.15) is 26.7 Å². The monoisotopic (exact) mass is 361 g/mol. The molecule has 0 aromatic carbocycles. The fourth-order valence-corrected chi connectivity index (χ4v) is 1.84. The van der Waals surface area contributed by atoms with Gasteiger partial charge < -0.3 is 19.3 Å². The van der Waals surface area contributed by atoms with Crippen molar-refractivity contribution in [1.82, 2.24) is 0 Å². The highest BCUT2D eigenvalue weighted by molar-refractivity contribution is 8.00. The number of aliphatic hydroxyl groups is 1. The number of rotatable bonds is 13. The number of esters is 3. The molecule has 0 saturated heterocycles. The largest absolute Gasteiger partial charge is 0.465 e. The van der Waals surface area contributed by atoms with Crippen LogP contribution in [0.2, 0.25) is 0 Å². The first-order chi connectivity index (χ1) is 11.4. The molecule has 0 spiro atoms. The van der Waals surface area contributed by atoms with Crippen molar-refractivity contribution in [3.8, 4) is 0 Å².